The summed E-state index contributed by atoms with van der Waals surface area (Å²) in [7, 11) is 0. The molecule has 7 N–H and O–H groups in total. The van der Waals surface area contributed by atoms with Crippen molar-refractivity contribution in [3.63, 3.8) is 0 Å². The Labute approximate surface area is 196 Å². The van der Waals surface area contributed by atoms with Gasteiger partial charge in [0, 0.05) is 42.8 Å². The predicted octanol–water partition coefficient (Wildman–Crippen LogP) is 2.46. The zero-order valence-electron chi connectivity index (χ0n) is 18.8. The molecule has 0 bridgehead atoms. The minimum atomic E-state index is -0.775. The zero-order valence-corrected chi connectivity index (χ0v) is 18.8. The second kappa shape index (κ2) is 9.43. The van der Waals surface area contributed by atoms with Crippen LogP contribution in [0.1, 0.15) is 36.0 Å². The van der Waals surface area contributed by atoms with Crippen molar-refractivity contribution in [3.05, 3.63) is 35.8 Å². The molecular formula is C23H29FN8O2. The molecule has 1 aliphatic carbocycles. The first-order valence-corrected chi connectivity index (χ1v) is 11.6. The first kappa shape index (κ1) is 22.4. The van der Waals surface area contributed by atoms with E-state index in [1.807, 2.05) is 12.1 Å². The molecule has 0 radical (unpaired) electrons. The van der Waals surface area contributed by atoms with Gasteiger partial charge >= 0.3 is 0 Å². The molecule has 1 aliphatic heterocycles. The van der Waals surface area contributed by atoms with E-state index in [0.29, 0.717) is 24.5 Å². The molecule has 10 nitrogen and oxygen atoms in total. The van der Waals surface area contributed by atoms with E-state index in [9.17, 15) is 9.18 Å². The summed E-state index contributed by atoms with van der Waals surface area (Å²) in [4.78, 5) is 26.5. The van der Waals surface area contributed by atoms with E-state index in [1.54, 1.807) is 6.20 Å². The zero-order chi connectivity index (χ0) is 23.7. The maximum absolute atomic E-state index is 14.9. The van der Waals surface area contributed by atoms with Gasteiger partial charge in [-0.15, -0.1) is 0 Å². The fourth-order valence-electron chi connectivity index (χ4n) is 4.60. The average molecular weight is 469 g/mol. The minimum Gasteiger partial charge on any atom is -0.378 e. The lowest BCUT2D eigenvalue weighted by atomic mass is 9.91. The third-order valence-corrected chi connectivity index (χ3v) is 6.49. The summed E-state index contributed by atoms with van der Waals surface area (Å²) in [6.45, 7) is 2.68. The number of amides is 1. The van der Waals surface area contributed by atoms with E-state index in [0.717, 1.165) is 56.0 Å². The quantitative estimate of drug-likeness (QED) is 0.371. The Kier molecular flexibility index (Phi) is 6.20. The normalized spacial score (nSPS) is 20.9. The number of aromatic amines is 1. The van der Waals surface area contributed by atoms with Crippen LogP contribution >= 0.6 is 0 Å². The molecule has 180 valence electrons. The SMILES string of the molecule is NC(=O)c1cc(F)c(N[C@@H]2CCCCC2N)nc1Nc1cc(N2CCOCC2)nc2[nH]ccc12. The number of aromatic nitrogens is 3. The molecule has 1 amide bonds. The highest BCUT2D eigenvalue weighted by Gasteiger charge is 2.25. The van der Waals surface area contributed by atoms with Crippen molar-refractivity contribution < 1.29 is 13.9 Å². The van der Waals surface area contributed by atoms with Crippen LogP contribution in [0.2, 0.25) is 0 Å². The summed E-state index contributed by atoms with van der Waals surface area (Å²) in [5.74, 6) is -0.449. The standard InChI is InChI=1S/C23H29FN8O2/c24-15-11-14(20(26)33)22(31-23(15)28-17-4-2-1-3-16(17)25)29-18-12-19(32-7-9-34-10-8-32)30-21-13(18)5-6-27-21/h5-6,11-12,16-17H,1-4,7-10,25H2,(H2,26,33)(H3,27,28,29,30,31)/t16?,17-/m1/s1. The molecule has 5 rings (SSSR count). The van der Waals surface area contributed by atoms with E-state index in [4.69, 9.17) is 21.2 Å². The van der Waals surface area contributed by atoms with Gasteiger partial charge in [0.25, 0.3) is 5.91 Å². The number of halogens is 1. The lowest BCUT2D eigenvalue weighted by Crippen LogP contribution is -2.43. The Morgan fingerprint density at radius 2 is 1.97 bits per heavy atom. The number of anilines is 4. The Hall–Kier alpha value is -3.44. The number of ether oxygens (including phenoxy) is 1. The maximum Gasteiger partial charge on any atom is 0.252 e. The molecule has 1 saturated carbocycles. The van der Waals surface area contributed by atoms with Crippen LogP contribution in [-0.2, 0) is 4.74 Å². The Morgan fingerprint density at radius 3 is 2.74 bits per heavy atom. The number of morpholine rings is 1. The van der Waals surface area contributed by atoms with Crippen LogP contribution in [-0.4, -0.2) is 59.2 Å². The van der Waals surface area contributed by atoms with Gasteiger partial charge in [0.15, 0.2) is 11.6 Å². The number of pyridine rings is 2. The third-order valence-electron chi connectivity index (χ3n) is 6.49. The van der Waals surface area contributed by atoms with Crippen LogP contribution in [0.15, 0.2) is 24.4 Å². The minimum absolute atomic E-state index is 0.0376. The summed E-state index contributed by atoms with van der Waals surface area (Å²) >= 11 is 0. The Balaban J connectivity index is 1.51. The van der Waals surface area contributed by atoms with Crippen LogP contribution in [0.4, 0.5) is 27.5 Å². The van der Waals surface area contributed by atoms with Crippen LogP contribution in [0.5, 0.6) is 0 Å². The van der Waals surface area contributed by atoms with Crippen molar-refractivity contribution in [2.75, 3.05) is 41.8 Å². The van der Waals surface area contributed by atoms with Gasteiger partial charge in [-0.2, -0.15) is 0 Å². The van der Waals surface area contributed by atoms with E-state index >= 15 is 0 Å². The molecule has 2 fully saturated rings. The molecule has 11 heteroatoms. The van der Waals surface area contributed by atoms with E-state index in [1.165, 1.54) is 0 Å². The lowest BCUT2D eigenvalue weighted by Gasteiger charge is -2.30. The van der Waals surface area contributed by atoms with Crippen molar-refractivity contribution in [1.29, 1.82) is 0 Å². The number of fused-ring (bicyclic) bond motifs is 1. The first-order chi connectivity index (χ1) is 16.5. The monoisotopic (exact) mass is 468 g/mol. The molecule has 3 aromatic heterocycles. The van der Waals surface area contributed by atoms with Gasteiger partial charge in [-0.25, -0.2) is 14.4 Å². The molecule has 4 heterocycles. The van der Waals surface area contributed by atoms with Crippen LogP contribution in [0, 0.1) is 5.82 Å². The number of carbonyl (C=O) groups is 1. The number of primary amides is 1. The summed E-state index contributed by atoms with van der Waals surface area (Å²) in [6.07, 6.45) is 5.57. The third kappa shape index (κ3) is 4.48. The molecule has 1 unspecified atom stereocenters. The number of hydrogen-bond donors (Lipinski definition) is 5. The van der Waals surface area contributed by atoms with E-state index < -0.39 is 11.7 Å². The van der Waals surface area contributed by atoms with Gasteiger partial charge in [0.05, 0.1) is 24.5 Å². The Bertz CT molecular complexity index is 1190. The first-order valence-electron chi connectivity index (χ1n) is 11.6. The van der Waals surface area contributed by atoms with E-state index in [2.05, 4.69) is 25.5 Å². The second-order valence-corrected chi connectivity index (χ2v) is 8.77. The van der Waals surface area contributed by atoms with Crippen molar-refractivity contribution in [1.82, 2.24) is 15.0 Å². The van der Waals surface area contributed by atoms with Gasteiger partial charge in [-0.3, -0.25) is 4.79 Å². The van der Waals surface area contributed by atoms with Crippen molar-refractivity contribution >= 4 is 40.1 Å². The van der Waals surface area contributed by atoms with Crippen LogP contribution < -0.4 is 27.0 Å². The fraction of sp³-hybridized carbons (Fsp3) is 0.435. The fourth-order valence-corrected chi connectivity index (χ4v) is 4.60. The molecule has 0 aromatic carbocycles. The molecular weight excluding hydrogens is 439 g/mol. The van der Waals surface area contributed by atoms with Gasteiger partial charge in [0.1, 0.15) is 17.3 Å². The smallest absolute Gasteiger partial charge is 0.252 e. The molecule has 0 spiro atoms. The number of H-pyrrole nitrogens is 1. The second-order valence-electron chi connectivity index (χ2n) is 8.77. The van der Waals surface area contributed by atoms with Crippen molar-refractivity contribution in [2.24, 2.45) is 11.5 Å². The van der Waals surface area contributed by atoms with Gasteiger partial charge < -0.3 is 36.7 Å². The van der Waals surface area contributed by atoms with Crippen molar-refractivity contribution in [2.45, 2.75) is 37.8 Å². The summed E-state index contributed by atoms with van der Waals surface area (Å²) in [5.41, 5.74) is 13.1. The summed E-state index contributed by atoms with van der Waals surface area (Å²) < 4.78 is 20.3. The average Bonchev–Trinajstić information content (AvgIpc) is 3.32. The van der Waals surface area contributed by atoms with Crippen LogP contribution in [0.3, 0.4) is 0 Å². The molecule has 1 saturated heterocycles. The maximum atomic E-state index is 14.9. The number of rotatable bonds is 6. The predicted molar refractivity (Wildman–Crippen MR) is 129 cm³/mol. The number of nitrogens with one attached hydrogen (secondary N) is 3. The molecule has 3 aromatic rings. The number of hydrogen-bond acceptors (Lipinski definition) is 8. The number of carbonyl (C=O) groups excluding carboxylic acids is 1. The van der Waals surface area contributed by atoms with Crippen LogP contribution in [0.25, 0.3) is 11.0 Å². The molecule has 2 atom stereocenters. The Morgan fingerprint density at radius 1 is 1.18 bits per heavy atom. The lowest BCUT2D eigenvalue weighted by molar-refractivity contribution is 0.100. The highest BCUT2D eigenvalue weighted by atomic mass is 19.1. The van der Waals surface area contributed by atoms with Gasteiger partial charge in [0.2, 0.25) is 0 Å². The van der Waals surface area contributed by atoms with Gasteiger partial charge in [-0.1, -0.05) is 12.8 Å². The van der Waals surface area contributed by atoms with E-state index in [-0.39, 0.29) is 29.3 Å². The molecule has 2 aliphatic rings. The largest absolute Gasteiger partial charge is 0.378 e. The summed E-state index contributed by atoms with van der Waals surface area (Å²) in [5, 5.41) is 7.16. The number of nitrogens with two attached hydrogens (primary N) is 2. The highest BCUT2D eigenvalue weighted by Crippen LogP contribution is 2.32. The highest BCUT2D eigenvalue weighted by molar-refractivity contribution is 6.00. The summed E-state index contributed by atoms with van der Waals surface area (Å²) in [6, 6.07) is 4.71. The number of nitrogens with zero attached hydrogens (tertiary/aromatic N) is 3. The van der Waals surface area contributed by atoms with Crippen molar-refractivity contribution in [3.8, 4) is 0 Å². The van der Waals surface area contributed by atoms with Gasteiger partial charge in [-0.05, 0) is 25.0 Å². The molecule has 34 heavy (non-hydrogen) atoms. The topological polar surface area (TPSA) is 147 Å².